The van der Waals surface area contributed by atoms with E-state index in [2.05, 4.69) is 40.5 Å². The summed E-state index contributed by atoms with van der Waals surface area (Å²) in [7, 11) is 0. The molecule has 0 radical (unpaired) electrons. The summed E-state index contributed by atoms with van der Waals surface area (Å²) >= 11 is 1.52. The molecular weight excluding hydrogens is 356 g/mol. The molecule has 128 valence electrons. The Kier molecular flexibility index (Phi) is 2.98. The zero-order valence-corrected chi connectivity index (χ0v) is 14.9. The molecule has 0 aliphatic carbocycles. The Morgan fingerprint density at radius 3 is 2.56 bits per heavy atom. The van der Waals surface area contributed by atoms with Crippen molar-refractivity contribution in [3.8, 4) is 22.2 Å². The van der Waals surface area contributed by atoms with Crippen LogP contribution in [-0.4, -0.2) is 19.8 Å². The van der Waals surface area contributed by atoms with Crippen molar-refractivity contribution in [2.45, 2.75) is 0 Å². The molecule has 3 aromatic heterocycles. The number of benzene rings is 3. The van der Waals surface area contributed by atoms with Gasteiger partial charge in [0.1, 0.15) is 10.6 Å². The van der Waals surface area contributed by atoms with Gasteiger partial charge in [0.05, 0.1) is 0 Å². The normalized spacial score (nSPS) is 11.7. The summed E-state index contributed by atoms with van der Waals surface area (Å²) in [4.78, 5) is 0.744. The third-order valence-electron chi connectivity index (χ3n) is 4.66. The summed E-state index contributed by atoms with van der Waals surface area (Å²) in [5, 5.41) is 17.7. The molecule has 6 rings (SSSR count). The first-order chi connectivity index (χ1) is 13.4. The number of furan rings is 1. The molecule has 6 aromatic rings. The van der Waals surface area contributed by atoms with Crippen molar-refractivity contribution in [3.63, 3.8) is 0 Å². The van der Waals surface area contributed by atoms with E-state index in [0.717, 1.165) is 26.5 Å². The van der Waals surface area contributed by atoms with E-state index in [1.54, 1.807) is 4.52 Å². The van der Waals surface area contributed by atoms with Crippen LogP contribution in [0, 0.1) is 0 Å². The third-order valence-corrected chi connectivity index (χ3v) is 5.59. The second-order valence-electron chi connectivity index (χ2n) is 6.30. The van der Waals surface area contributed by atoms with Gasteiger partial charge in [0.2, 0.25) is 10.8 Å². The Hall–Kier alpha value is -3.51. The van der Waals surface area contributed by atoms with Gasteiger partial charge in [-0.05, 0) is 22.9 Å². The van der Waals surface area contributed by atoms with Gasteiger partial charge >= 0.3 is 0 Å². The molecule has 0 saturated heterocycles. The first kappa shape index (κ1) is 14.6. The molecule has 27 heavy (non-hydrogen) atoms. The number of rotatable bonds is 2. The third kappa shape index (κ3) is 2.20. The number of nitrogens with zero attached hydrogens (tertiary/aromatic N) is 4. The average molecular weight is 368 g/mol. The molecule has 0 bridgehead atoms. The maximum absolute atomic E-state index is 5.95. The van der Waals surface area contributed by atoms with E-state index in [1.165, 1.54) is 22.1 Å². The van der Waals surface area contributed by atoms with E-state index in [0.29, 0.717) is 11.6 Å². The molecule has 0 N–H and O–H groups in total. The minimum atomic E-state index is 0.615. The van der Waals surface area contributed by atoms with Crippen molar-refractivity contribution in [2.75, 3.05) is 0 Å². The van der Waals surface area contributed by atoms with Gasteiger partial charge in [-0.3, -0.25) is 0 Å². The fourth-order valence-electron chi connectivity index (χ4n) is 3.38. The molecule has 0 fully saturated rings. The topological polar surface area (TPSA) is 56.2 Å². The van der Waals surface area contributed by atoms with Crippen molar-refractivity contribution in [1.29, 1.82) is 0 Å². The van der Waals surface area contributed by atoms with Crippen LogP contribution in [0.3, 0.4) is 0 Å². The van der Waals surface area contributed by atoms with Crippen LogP contribution < -0.4 is 0 Å². The molecule has 0 aliphatic rings. The zero-order valence-electron chi connectivity index (χ0n) is 14.0. The lowest BCUT2D eigenvalue weighted by molar-refractivity contribution is 0.622. The van der Waals surface area contributed by atoms with Crippen LogP contribution in [0.15, 0.2) is 77.2 Å². The van der Waals surface area contributed by atoms with Crippen LogP contribution in [0.25, 0.3) is 48.9 Å². The fraction of sp³-hybridized carbons (Fsp3) is 0. The lowest BCUT2D eigenvalue weighted by Gasteiger charge is -2.02. The predicted octanol–water partition coefficient (Wildman–Crippen LogP) is 5.42. The standard InChI is InChI=1S/C21H12N4OS/c1-3-9-15-13(6-1)8-5-10-16(15)20-24-25-19(22-23-21(25)27-20)18-12-14-7-2-4-11-17(14)26-18/h1-12H. The van der Waals surface area contributed by atoms with Crippen molar-refractivity contribution < 1.29 is 4.42 Å². The molecule has 0 amide bonds. The highest BCUT2D eigenvalue weighted by Gasteiger charge is 2.18. The lowest BCUT2D eigenvalue weighted by Crippen LogP contribution is -1.90. The second kappa shape index (κ2) is 5.49. The highest BCUT2D eigenvalue weighted by Crippen LogP contribution is 2.33. The Morgan fingerprint density at radius 2 is 1.63 bits per heavy atom. The van der Waals surface area contributed by atoms with E-state index in [9.17, 15) is 0 Å². The molecule has 0 unspecified atom stereocenters. The lowest BCUT2D eigenvalue weighted by atomic mass is 10.1. The summed E-state index contributed by atoms with van der Waals surface area (Å²) in [5.41, 5.74) is 1.92. The molecule has 0 aliphatic heterocycles. The summed E-state index contributed by atoms with van der Waals surface area (Å²) in [6, 6.07) is 24.5. The largest absolute Gasteiger partial charge is 0.453 e. The summed E-state index contributed by atoms with van der Waals surface area (Å²) in [6.07, 6.45) is 0. The van der Waals surface area contributed by atoms with Gasteiger partial charge in [0.15, 0.2) is 5.76 Å². The highest BCUT2D eigenvalue weighted by molar-refractivity contribution is 7.19. The van der Waals surface area contributed by atoms with Gasteiger partial charge in [-0.25, -0.2) is 0 Å². The van der Waals surface area contributed by atoms with E-state index >= 15 is 0 Å². The second-order valence-corrected chi connectivity index (χ2v) is 7.26. The number of hydrogen-bond acceptors (Lipinski definition) is 5. The minimum absolute atomic E-state index is 0.615. The Bertz CT molecular complexity index is 1400. The van der Waals surface area contributed by atoms with E-state index in [-0.39, 0.29) is 0 Å². The number of fused-ring (bicyclic) bond motifs is 3. The Balaban J connectivity index is 1.55. The molecule has 0 spiro atoms. The molecule has 5 nitrogen and oxygen atoms in total. The maximum atomic E-state index is 5.95. The summed E-state index contributed by atoms with van der Waals surface area (Å²) in [6.45, 7) is 0. The van der Waals surface area contributed by atoms with Crippen LogP contribution in [0.2, 0.25) is 0 Å². The number of para-hydroxylation sites is 1. The SMILES string of the molecule is c1ccc2oc(-c3nnc4sc(-c5cccc6ccccc56)nn34)cc2c1. The van der Waals surface area contributed by atoms with Crippen LogP contribution in [0.1, 0.15) is 0 Å². The maximum Gasteiger partial charge on any atom is 0.235 e. The minimum Gasteiger partial charge on any atom is -0.453 e. The average Bonchev–Trinajstić information content (AvgIpc) is 3.40. The number of aromatic nitrogens is 4. The monoisotopic (exact) mass is 368 g/mol. The smallest absolute Gasteiger partial charge is 0.235 e. The molecule has 3 heterocycles. The van der Waals surface area contributed by atoms with Gasteiger partial charge in [0, 0.05) is 10.9 Å². The van der Waals surface area contributed by atoms with Gasteiger partial charge in [-0.15, -0.1) is 10.2 Å². The van der Waals surface area contributed by atoms with Crippen molar-refractivity contribution in [1.82, 2.24) is 19.8 Å². The van der Waals surface area contributed by atoms with Crippen molar-refractivity contribution >= 4 is 38.0 Å². The van der Waals surface area contributed by atoms with E-state index in [1.807, 2.05) is 42.5 Å². The van der Waals surface area contributed by atoms with Crippen molar-refractivity contribution in [3.05, 3.63) is 72.8 Å². The van der Waals surface area contributed by atoms with Gasteiger partial charge in [0.25, 0.3) is 0 Å². The molecule has 3 aromatic carbocycles. The van der Waals surface area contributed by atoms with Crippen molar-refractivity contribution in [2.24, 2.45) is 0 Å². The van der Waals surface area contributed by atoms with Gasteiger partial charge < -0.3 is 4.42 Å². The zero-order chi connectivity index (χ0) is 17.8. The molecular formula is C21H12N4OS. The van der Waals surface area contributed by atoms with Crippen LogP contribution in [0.5, 0.6) is 0 Å². The van der Waals surface area contributed by atoms with Crippen LogP contribution >= 0.6 is 11.3 Å². The first-order valence-electron chi connectivity index (χ1n) is 8.56. The fourth-order valence-corrected chi connectivity index (χ4v) is 4.26. The van der Waals surface area contributed by atoms with Crippen LogP contribution in [-0.2, 0) is 0 Å². The first-order valence-corrected chi connectivity index (χ1v) is 9.38. The molecule has 0 atom stereocenters. The summed E-state index contributed by atoms with van der Waals surface area (Å²) in [5.74, 6) is 1.28. The molecule has 6 heteroatoms. The molecule has 0 saturated carbocycles. The predicted molar refractivity (Wildman–Crippen MR) is 107 cm³/mol. The Morgan fingerprint density at radius 1 is 0.815 bits per heavy atom. The number of hydrogen-bond donors (Lipinski definition) is 0. The highest BCUT2D eigenvalue weighted by atomic mass is 32.1. The summed E-state index contributed by atoms with van der Waals surface area (Å²) < 4.78 is 7.71. The van der Waals surface area contributed by atoms with Crippen LogP contribution in [0.4, 0.5) is 0 Å². The Labute approximate surface area is 157 Å². The van der Waals surface area contributed by atoms with Gasteiger partial charge in [-0.1, -0.05) is 72.0 Å². The quantitative estimate of drug-likeness (QED) is 0.409. The van der Waals surface area contributed by atoms with Gasteiger partial charge in [-0.2, -0.15) is 9.61 Å². The van der Waals surface area contributed by atoms with E-state index < -0.39 is 0 Å². The van der Waals surface area contributed by atoms with E-state index in [4.69, 9.17) is 9.52 Å².